The molecule has 6 N–H and O–H groups in total. The second-order valence-corrected chi connectivity index (χ2v) is 8.01. The Morgan fingerprint density at radius 3 is 2.36 bits per heavy atom. The Bertz CT molecular complexity index is 564. The molecule has 1 unspecified atom stereocenters. The number of rotatable bonds is 7. The Hall–Kier alpha value is -0.510. The van der Waals surface area contributed by atoms with Gasteiger partial charge in [0, 0.05) is 6.42 Å². The second kappa shape index (κ2) is 8.92. The van der Waals surface area contributed by atoms with E-state index in [4.69, 9.17) is 14.4 Å². The van der Waals surface area contributed by atoms with Gasteiger partial charge in [0.1, 0.15) is 34.9 Å². The summed E-state index contributed by atoms with van der Waals surface area (Å²) >= 11 is 0.617. The van der Waals surface area contributed by atoms with E-state index in [1.165, 1.54) is 6.92 Å². The molecular formula is C12H23NO10S2. The van der Waals surface area contributed by atoms with Gasteiger partial charge in [0.05, 0.1) is 12.2 Å². The number of aliphatic hydroxyl groups is 5. The predicted molar refractivity (Wildman–Crippen MR) is 87.0 cm³/mol. The average Bonchev–Trinajstić information content (AvgIpc) is 2.52. The maximum Gasteiger partial charge on any atom is 0.466 e. The van der Waals surface area contributed by atoms with Crippen LogP contribution in [0.4, 0.5) is 0 Å². The number of hydrogen-bond acceptors (Lipinski definition) is 11. The molecule has 11 nitrogen and oxygen atoms in total. The molecule has 0 bridgehead atoms. The van der Waals surface area contributed by atoms with Gasteiger partial charge in [0.25, 0.3) is 0 Å². The number of hydrogen-bond donors (Lipinski definition) is 6. The minimum absolute atomic E-state index is 0.159. The van der Waals surface area contributed by atoms with Gasteiger partial charge in [-0.1, -0.05) is 23.8 Å². The fourth-order valence-electron chi connectivity index (χ4n) is 1.93. The molecule has 0 aromatic carbocycles. The Kier molecular flexibility index (Phi) is 8.04. The third-order valence-corrected chi connectivity index (χ3v) is 5.00. The highest BCUT2D eigenvalue weighted by Gasteiger charge is 2.44. The summed E-state index contributed by atoms with van der Waals surface area (Å²) < 4.78 is 39.2. The molecule has 1 fully saturated rings. The van der Waals surface area contributed by atoms with Crippen molar-refractivity contribution in [3.05, 3.63) is 0 Å². The van der Waals surface area contributed by atoms with E-state index in [9.17, 15) is 28.8 Å². The molecule has 0 aliphatic carbocycles. The van der Waals surface area contributed by atoms with Crippen LogP contribution in [0.25, 0.3) is 0 Å². The van der Waals surface area contributed by atoms with Gasteiger partial charge in [0.2, 0.25) is 0 Å². The summed E-state index contributed by atoms with van der Waals surface area (Å²) in [6, 6.07) is 0. The van der Waals surface area contributed by atoms with E-state index < -0.39 is 52.5 Å². The van der Waals surface area contributed by atoms with Gasteiger partial charge < -0.3 is 30.3 Å². The molecule has 0 aromatic heterocycles. The molecule has 0 saturated carbocycles. The first kappa shape index (κ1) is 22.5. The molecule has 1 aliphatic rings. The molecule has 1 rings (SSSR count). The van der Waals surface area contributed by atoms with Crippen molar-refractivity contribution in [1.82, 2.24) is 0 Å². The summed E-state index contributed by atoms with van der Waals surface area (Å²) in [7, 11) is -4.89. The molecule has 0 radical (unpaired) electrons. The first-order valence-electron chi connectivity index (χ1n) is 7.32. The van der Waals surface area contributed by atoms with Crippen molar-refractivity contribution in [3.8, 4) is 0 Å². The fourth-order valence-corrected chi connectivity index (χ4v) is 3.41. The van der Waals surface area contributed by atoms with Crippen LogP contribution < -0.4 is 0 Å². The average molecular weight is 405 g/mol. The Morgan fingerprint density at radius 1 is 1.28 bits per heavy atom. The van der Waals surface area contributed by atoms with Gasteiger partial charge in [0.15, 0.2) is 0 Å². The lowest BCUT2D eigenvalue weighted by Crippen LogP contribution is -2.57. The van der Waals surface area contributed by atoms with E-state index in [0.29, 0.717) is 11.8 Å². The van der Waals surface area contributed by atoms with Gasteiger partial charge in [-0.2, -0.15) is 8.42 Å². The Labute approximate surface area is 149 Å². The third kappa shape index (κ3) is 6.96. The zero-order valence-corrected chi connectivity index (χ0v) is 15.2. The monoisotopic (exact) mass is 405 g/mol. The quantitative estimate of drug-likeness (QED) is 0.121. The van der Waals surface area contributed by atoms with Crippen LogP contribution in [-0.4, -0.2) is 85.6 Å². The zero-order valence-electron chi connectivity index (χ0n) is 13.6. The Morgan fingerprint density at radius 2 is 1.88 bits per heavy atom. The van der Waals surface area contributed by atoms with Crippen molar-refractivity contribution >= 4 is 27.2 Å². The summed E-state index contributed by atoms with van der Waals surface area (Å²) in [6.07, 6.45) is -5.87. The van der Waals surface area contributed by atoms with Crippen molar-refractivity contribution < 1.29 is 47.5 Å². The fraction of sp³-hybridized carbons (Fsp3) is 0.917. The van der Waals surface area contributed by atoms with Crippen molar-refractivity contribution in [3.63, 3.8) is 0 Å². The van der Waals surface area contributed by atoms with Gasteiger partial charge >= 0.3 is 10.4 Å². The van der Waals surface area contributed by atoms with Gasteiger partial charge in [-0.3, -0.25) is 4.55 Å². The molecule has 13 heteroatoms. The number of nitrogens with zero attached hydrogens (tertiary/aromatic N) is 1. The van der Waals surface area contributed by atoms with Crippen molar-refractivity contribution in [2.75, 3.05) is 6.61 Å². The molecular weight excluding hydrogens is 382 g/mol. The summed E-state index contributed by atoms with van der Waals surface area (Å²) in [5.74, 6) is 0. The lowest BCUT2D eigenvalue weighted by molar-refractivity contribution is -0.205. The van der Waals surface area contributed by atoms with E-state index in [0.717, 1.165) is 0 Å². The van der Waals surface area contributed by atoms with Gasteiger partial charge in [-0.25, -0.2) is 4.28 Å². The lowest BCUT2D eigenvalue weighted by Gasteiger charge is -2.39. The minimum Gasteiger partial charge on any atom is -0.394 e. The van der Waals surface area contributed by atoms with Gasteiger partial charge in [-0.15, -0.1) is 0 Å². The normalized spacial score (nSPS) is 33.8. The first-order chi connectivity index (χ1) is 11.4. The summed E-state index contributed by atoms with van der Waals surface area (Å²) in [5, 5.41) is 51.8. The van der Waals surface area contributed by atoms with E-state index in [1.807, 2.05) is 0 Å². The van der Waals surface area contributed by atoms with Crippen LogP contribution in [0, 0.1) is 0 Å². The molecule has 1 saturated heterocycles. The molecule has 1 heterocycles. The molecule has 148 valence electrons. The van der Waals surface area contributed by atoms with Crippen LogP contribution in [0.5, 0.6) is 0 Å². The highest BCUT2D eigenvalue weighted by atomic mass is 32.3. The largest absolute Gasteiger partial charge is 0.466 e. The Balaban J connectivity index is 2.99. The SMILES string of the molecule is CCC(C)(O)CC(=NOS(=O)(=O)O)S[C@@H]1O[C@H](CO)[C@@H](O)[C@H](O)[C@H]1O. The third-order valence-electron chi connectivity index (χ3n) is 3.63. The molecule has 0 aromatic rings. The van der Waals surface area contributed by atoms with Crippen molar-refractivity contribution in [2.24, 2.45) is 5.16 Å². The number of aliphatic hydroxyl groups excluding tert-OH is 4. The van der Waals surface area contributed by atoms with Crippen LogP contribution in [0.1, 0.15) is 26.7 Å². The second-order valence-electron chi connectivity index (χ2n) is 5.83. The molecule has 6 atom stereocenters. The summed E-state index contributed by atoms with van der Waals surface area (Å²) in [5.41, 5.74) is -2.55. The number of ether oxygens (including phenoxy) is 1. The van der Waals surface area contributed by atoms with E-state index >= 15 is 0 Å². The standard InChI is InChI=1S/C12H23NO10S2/c1-3-12(2,18)4-7(13-23-25(19,20)21)24-11-10(17)9(16)8(15)6(5-14)22-11/h6,8-11,14-18H,3-5H2,1-2H3,(H,19,20,21)/t6-,8-,9+,10-,11+,12?/m1/s1. The topological polar surface area (TPSA) is 186 Å². The van der Waals surface area contributed by atoms with E-state index in [-0.39, 0.29) is 17.9 Å². The van der Waals surface area contributed by atoms with Crippen LogP contribution in [0.3, 0.4) is 0 Å². The minimum atomic E-state index is -4.89. The highest BCUT2D eigenvalue weighted by molar-refractivity contribution is 8.14. The zero-order chi connectivity index (χ0) is 19.4. The summed E-state index contributed by atoms with van der Waals surface area (Å²) in [4.78, 5) is 0. The van der Waals surface area contributed by atoms with Crippen LogP contribution >= 0.6 is 11.8 Å². The lowest BCUT2D eigenvalue weighted by atomic mass is 10.0. The highest BCUT2D eigenvalue weighted by Crippen LogP contribution is 2.32. The molecule has 1 aliphatic heterocycles. The van der Waals surface area contributed by atoms with Crippen LogP contribution in [0.2, 0.25) is 0 Å². The maximum absolute atomic E-state index is 10.7. The predicted octanol–water partition coefficient (Wildman–Crippen LogP) is -1.80. The van der Waals surface area contributed by atoms with Gasteiger partial charge in [-0.05, 0) is 13.3 Å². The summed E-state index contributed by atoms with van der Waals surface area (Å²) in [6.45, 7) is 2.48. The molecule has 25 heavy (non-hydrogen) atoms. The van der Waals surface area contributed by atoms with Crippen molar-refractivity contribution in [1.29, 1.82) is 0 Å². The van der Waals surface area contributed by atoms with E-state index in [1.54, 1.807) is 6.92 Å². The number of oxime groups is 1. The van der Waals surface area contributed by atoms with Crippen LogP contribution in [-0.2, 0) is 19.4 Å². The maximum atomic E-state index is 10.7. The van der Waals surface area contributed by atoms with Crippen LogP contribution in [0.15, 0.2) is 5.16 Å². The van der Waals surface area contributed by atoms with E-state index in [2.05, 4.69) is 9.44 Å². The number of thioether (sulfide) groups is 1. The van der Waals surface area contributed by atoms with Crippen molar-refractivity contribution in [2.45, 2.75) is 62.1 Å². The first-order valence-corrected chi connectivity index (χ1v) is 9.57. The molecule has 0 spiro atoms. The molecule has 0 amide bonds. The smallest absolute Gasteiger partial charge is 0.394 e.